The number of aliphatic imine (C=N–C) groups is 1. The molecule has 0 saturated carbocycles. The lowest BCUT2D eigenvalue weighted by Gasteiger charge is -2.26. The molecule has 27 heavy (non-hydrogen) atoms. The van der Waals surface area contributed by atoms with Crippen molar-refractivity contribution in [2.45, 2.75) is 51.8 Å². The molecule has 0 fully saturated rings. The summed E-state index contributed by atoms with van der Waals surface area (Å²) in [6.45, 7) is 5.32. The highest BCUT2D eigenvalue weighted by atomic mass is 19.1. The summed E-state index contributed by atoms with van der Waals surface area (Å²) >= 11 is 0. The fourth-order valence-electron chi connectivity index (χ4n) is 3.07. The second-order valence-electron chi connectivity index (χ2n) is 6.70. The second kappa shape index (κ2) is 8.83. The Bertz CT molecular complexity index is 790. The Kier molecular flexibility index (Phi) is 6.26. The minimum absolute atomic E-state index is 0.134. The number of nitrogens with one attached hydrogen (secondary N) is 2. The molecule has 146 valence electrons. The van der Waals surface area contributed by atoms with E-state index in [1.807, 2.05) is 11.6 Å². The molecule has 0 aliphatic carbocycles. The van der Waals surface area contributed by atoms with Crippen molar-refractivity contribution < 1.29 is 9.13 Å². The Balaban J connectivity index is 1.48. The average Bonchev–Trinajstić information content (AvgIpc) is 3.07. The zero-order chi connectivity index (χ0) is 19.2. The van der Waals surface area contributed by atoms with Gasteiger partial charge in [-0.15, -0.1) is 0 Å². The molecule has 0 amide bonds. The van der Waals surface area contributed by atoms with Crippen molar-refractivity contribution in [2.75, 3.05) is 13.6 Å². The number of ether oxygens (including phenoxy) is 1. The first-order valence-electron chi connectivity index (χ1n) is 9.39. The zero-order valence-electron chi connectivity index (χ0n) is 16.1. The molecular formula is C19H27FN6O. The van der Waals surface area contributed by atoms with Gasteiger partial charge in [-0.2, -0.15) is 5.10 Å². The quantitative estimate of drug-likeness (QED) is 0.597. The predicted molar refractivity (Wildman–Crippen MR) is 102 cm³/mol. The summed E-state index contributed by atoms with van der Waals surface area (Å²) < 4.78 is 21.0. The molecule has 1 aliphatic rings. The third-order valence-electron chi connectivity index (χ3n) is 4.47. The number of guanidine groups is 1. The van der Waals surface area contributed by atoms with Crippen LogP contribution in [0, 0.1) is 5.82 Å². The molecule has 1 aromatic heterocycles. The number of hydrogen-bond donors (Lipinski definition) is 2. The van der Waals surface area contributed by atoms with Crippen LogP contribution in [-0.2, 0) is 19.4 Å². The Labute approximate surface area is 159 Å². The summed E-state index contributed by atoms with van der Waals surface area (Å²) in [7, 11) is 1.74. The first kappa shape index (κ1) is 19.1. The maximum Gasteiger partial charge on any atom is 0.191 e. The van der Waals surface area contributed by atoms with Gasteiger partial charge in [0.05, 0.1) is 13.1 Å². The molecule has 2 atom stereocenters. The summed E-state index contributed by atoms with van der Waals surface area (Å²) in [5.74, 6) is 2.89. The van der Waals surface area contributed by atoms with Crippen LogP contribution in [0.15, 0.2) is 29.3 Å². The minimum atomic E-state index is -0.304. The van der Waals surface area contributed by atoms with E-state index in [-0.39, 0.29) is 18.0 Å². The van der Waals surface area contributed by atoms with Gasteiger partial charge in [-0.25, -0.2) is 14.1 Å². The number of fused-ring (bicyclic) bond motifs is 1. The Morgan fingerprint density at radius 1 is 1.48 bits per heavy atom. The molecule has 0 saturated heterocycles. The standard InChI is InChI=1S/C19H27FN6O/c1-4-17-24-18-9-8-15(12-26(18)25-17)23-19(21-3)22-11-13(2)27-16-7-5-6-14(20)10-16/h5-7,10,13,15H,4,8-9,11-12H2,1-3H3,(H2,21,22,23). The fraction of sp³-hybridized carbons (Fsp3) is 0.526. The van der Waals surface area contributed by atoms with Crippen LogP contribution >= 0.6 is 0 Å². The fourth-order valence-corrected chi connectivity index (χ4v) is 3.07. The lowest BCUT2D eigenvalue weighted by molar-refractivity contribution is 0.222. The van der Waals surface area contributed by atoms with Gasteiger partial charge in [0, 0.05) is 32.0 Å². The van der Waals surface area contributed by atoms with Crippen LogP contribution < -0.4 is 15.4 Å². The van der Waals surface area contributed by atoms with Gasteiger partial charge < -0.3 is 15.4 Å². The topological polar surface area (TPSA) is 76.4 Å². The van der Waals surface area contributed by atoms with Crippen molar-refractivity contribution in [1.29, 1.82) is 0 Å². The molecule has 3 rings (SSSR count). The van der Waals surface area contributed by atoms with Crippen LogP contribution in [0.5, 0.6) is 5.75 Å². The SMILES string of the molecule is CCc1nc2n(n1)CC(NC(=NC)NCC(C)Oc1cccc(F)c1)CC2. The van der Waals surface area contributed by atoms with E-state index >= 15 is 0 Å². The molecule has 2 unspecified atom stereocenters. The number of aromatic nitrogens is 3. The lowest BCUT2D eigenvalue weighted by Crippen LogP contribution is -2.48. The van der Waals surface area contributed by atoms with Crippen LogP contribution in [0.3, 0.4) is 0 Å². The van der Waals surface area contributed by atoms with Gasteiger partial charge in [0.15, 0.2) is 11.8 Å². The molecule has 7 nitrogen and oxygen atoms in total. The normalized spacial score (nSPS) is 17.9. The van der Waals surface area contributed by atoms with Crippen molar-refractivity contribution in [2.24, 2.45) is 4.99 Å². The molecule has 2 aromatic rings. The molecule has 0 bridgehead atoms. The molecule has 2 N–H and O–H groups in total. The molecule has 0 radical (unpaired) electrons. The number of rotatable bonds is 6. The summed E-state index contributed by atoms with van der Waals surface area (Å²) in [6.07, 6.45) is 2.61. The molecular weight excluding hydrogens is 347 g/mol. The van der Waals surface area contributed by atoms with E-state index in [1.165, 1.54) is 12.1 Å². The summed E-state index contributed by atoms with van der Waals surface area (Å²) in [6, 6.07) is 6.40. The molecule has 1 aromatic carbocycles. The van der Waals surface area contributed by atoms with E-state index in [1.54, 1.807) is 19.2 Å². The predicted octanol–water partition coefficient (Wildman–Crippen LogP) is 1.93. The van der Waals surface area contributed by atoms with Gasteiger partial charge in [-0.1, -0.05) is 13.0 Å². The van der Waals surface area contributed by atoms with Gasteiger partial charge in [0.25, 0.3) is 0 Å². The Hall–Kier alpha value is -2.64. The first-order valence-corrected chi connectivity index (χ1v) is 9.39. The van der Waals surface area contributed by atoms with Crippen molar-refractivity contribution in [1.82, 2.24) is 25.4 Å². The van der Waals surface area contributed by atoms with E-state index in [2.05, 4.69) is 32.6 Å². The van der Waals surface area contributed by atoms with Crippen molar-refractivity contribution in [3.63, 3.8) is 0 Å². The van der Waals surface area contributed by atoms with Gasteiger partial charge in [0.2, 0.25) is 0 Å². The Morgan fingerprint density at radius 2 is 2.33 bits per heavy atom. The molecule has 0 spiro atoms. The molecule has 1 aliphatic heterocycles. The van der Waals surface area contributed by atoms with Gasteiger partial charge in [0.1, 0.15) is 23.5 Å². The van der Waals surface area contributed by atoms with Crippen molar-refractivity contribution in [3.8, 4) is 5.75 Å². The van der Waals surface area contributed by atoms with Crippen LogP contribution in [0.1, 0.15) is 31.9 Å². The largest absolute Gasteiger partial charge is 0.489 e. The number of nitrogens with zero attached hydrogens (tertiary/aromatic N) is 4. The van der Waals surface area contributed by atoms with Crippen LogP contribution in [0.25, 0.3) is 0 Å². The molecule has 8 heteroatoms. The van der Waals surface area contributed by atoms with Crippen LogP contribution in [0.4, 0.5) is 4.39 Å². The van der Waals surface area contributed by atoms with Gasteiger partial charge in [-0.05, 0) is 25.5 Å². The average molecular weight is 374 g/mol. The summed E-state index contributed by atoms with van der Waals surface area (Å²) in [4.78, 5) is 8.83. The molecule has 2 heterocycles. The van der Waals surface area contributed by atoms with Crippen molar-refractivity contribution in [3.05, 3.63) is 41.7 Å². The highest BCUT2D eigenvalue weighted by molar-refractivity contribution is 5.80. The highest BCUT2D eigenvalue weighted by Crippen LogP contribution is 2.14. The third-order valence-corrected chi connectivity index (χ3v) is 4.47. The maximum atomic E-state index is 13.2. The zero-order valence-corrected chi connectivity index (χ0v) is 16.1. The lowest BCUT2D eigenvalue weighted by atomic mass is 10.1. The van der Waals surface area contributed by atoms with Gasteiger partial charge in [-0.3, -0.25) is 4.99 Å². The van der Waals surface area contributed by atoms with E-state index < -0.39 is 0 Å². The van der Waals surface area contributed by atoms with Gasteiger partial charge >= 0.3 is 0 Å². The third kappa shape index (κ3) is 5.18. The summed E-state index contributed by atoms with van der Waals surface area (Å²) in [5, 5.41) is 11.2. The smallest absolute Gasteiger partial charge is 0.191 e. The van der Waals surface area contributed by atoms with E-state index in [4.69, 9.17) is 4.74 Å². The number of benzene rings is 1. The number of halogens is 1. The minimum Gasteiger partial charge on any atom is -0.489 e. The van der Waals surface area contributed by atoms with Crippen LogP contribution in [0.2, 0.25) is 0 Å². The first-order chi connectivity index (χ1) is 13.1. The maximum absolute atomic E-state index is 13.2. The van der Waals surface area contributed by atoms with E-state index in [9.17, 15) is 4.39 Å². The summed E-state index contributed by atoms with van der Waals surface area (Å²) in [5.41, 5.74) is 0. The van der Waals surface area contributed by atoms with E-state index in [0.29, 0.717) is 18.3 Å². The van der Waals surface area contributed by atoms with Crippen molar-refractivity contribution >= 4 is 5.96 Å². The number of aryl methyl sites for hydroxylation is 2. The number of hydrogen-bond acceptors (Lipinski definition) is 4. The monoisotopic (exact) mass is 374 g/mol. The second-order valence-corrected chi connectivity index (χ2v) is 6.70. The van der Waals surface area contributed by atoms with E-state index in [0.717, 1.165) is 37.5 Å². The van der Waals surface area contributed by atoms with Crippen LogP contribution in [-0.4, -0.2) is 46.5 Å². The Morgan fingerprint density at radius 3 is 3.07 bits per heavy atom. The highest BCUT2D eigenvalue weighted by Gasteiger charge is 2.22.